The van der Waals surface area contributed by atoms with Gasteiger partial charge in [-0.25, -0.2) is 4.98 Å². The van der Waals surface area contributed by atoms with E-state index in [0.29, 0.717) is 0 Å². The van der Waals surface area contributed by atoms with Crippen LogP contribution in [0.2, 0.25) is 0 Å². The number of hydrogen-bond acceptors (Lipinski definition) is 4. The molecule has 72 valence electrons. The molecule has 0 radical (unpaired) electrons. The number of rotatable bonds is 0. The summed E-state index contributed by atoms with van der Waals surface area (Å²) >= 11 is 1.63. The second-order valence-corrected chi connectivity index (χ2v) is 4.67. The number of thiophene rings is 1. The number of fused-ring (bicyclic) bond motifs is 3. The summed E-state index contributed by atoms with van der Waals surface area (Å²) in [6, 6.07) is 0. The Morgan fingerprint density at radius 1 is 1.57 bits per heavy atom. The van der Waals surface area contributed by atoms with Crippen LogP contribution in [0.5, 0.6) is 0 Å². The van der Waals surface area contributed by atoms with Crippen LogP contribution < -0.4 is 5.56 Å². The van der Waals surface area contributed by atoms with Crippen LogP contribution in [-0.4, -0.2) is 21.9 Å². The van der Waals surface area contributed by atoms with Crippen LogP contribution in [0, 0.1) is 0 Å². The minimum absolute atomic E-state index is 0.0113. The van der Waals surface area contributed by atoms with Crippen LogP contribution in [0.4, 0.5) is 0 Å². The summed E-state index contributed by atoms with van der Waals surface area (Å²) in [6.45, 7) is 1.81. The Bertz CT molecular complexity index is 557. The van der Waals surface area contributed by atoms with Crippen molar-refractivity contribution in [1.82, 2.24) is 14.9 Å². The predicted octanol–water partition coefficient (Wildman–Crippen LogP) is 0.930. The van der Waals surface area contributed by atoms with E-state index in [4.69, 9.17) is 0 Å². The van der Waals surface area contributed by atoms with Crippen LogP contribution >= 0.6 is 11.3 Å². The van der Waals surface area contributed by atoms with E-state index in [2.05, 4.69) is 21.9 Å². The molecule has 0 saturated heterocycles. The van der Waals surface area contributed by atoms with Gasteiger partial charge in [-0.05, 0) is 12.6 Å². The van der Waals surface area contributed by atoms with Gasteiger partial charge < -0.3 is 4.98 Å². The summed E-state index contributed by atoms with van der Waals surface area (Å²) in [5.41, 5.74) is 1.16. The normalized spacial score (nSPS) is 16.4. The van der Waals surface area contributed by atoms with Gasteiger partial charge in [0.1, 0.15) is 4.83 Å². The monoisotopic (exact) mass is 207 g/mol. The predicted molar refractivity (Wildman–Crippen MR) is 55.4 cm³/mol. The second-order valence-electron chi connectivity index (χ2n) is 3.59. The molecule has 0 saturated carbocycles. The maximum absolute atomic E-state index is 11.6. The summed E-state index contributed by atoms with van der Waals surface area (Å²) < 4.78 is 0. The largest absolute Gasteiger partial charge is 0.313 e. The molecular weight excluding hydrogens is 198 g/mol. The fourth-order valence-corrected chi connectivity index (χ4v) is 3.14. The molecule has 3 rings (SSSR count). The molecular formula is C9H9N3OS. The van der Waals surface area contributed by atoms with Crippen molar-refractivity contribution in [2.24, 2.45) is 0 Å². The van der Waals surface area contributed by atoms with Crippen LogP contribution in [0.1, 0.15) is 10.4 Å². The molecule has 0 unspecified atom stereocenters. The van der Waals surface area contributed by atoms with Crippen molar-refractivity contribution in [2.75, 3.05) is 7.05 Å². The standard InChI is InChI=1S/C9H9N3OS/c1-12-2-5-6(3-12)14-9-7(5)8(13)10-4-11-9/h4H,2-3H2,1H3,(H,10,11,13). The van der Waals surface area contributed by atoms with Crippen molar-refractivity contribution in [3.8, 4) is 0 Å². The SMILES string of the molecule is CN1Cc2sc3nc[nH]c(=O)c3c2C1. The lowest BCUT2D eigenvalue weighted by Gasteiger charge is -2.04. The Kier molecular flexibility index (Phi) is 1.54. The Morgan fingerprint density at radius 3 is 3.29 bits per heavy atom. The van der Waals surface area contributed by atoms with E-state index >= 15 is 0 Å². The number of aromatic nitrogens is 2. The van der Waals surface area contributed by atoms with Gasteiger partial charge in [-0.1, -0.05) is 0 Å². The highest BCUT2D eigenvalue weighted by molar-refractivity contribution is 7.18. The van der Waals surface area contributed by atoms with Crippen molar-refractivity contribution >= 4 is 21.6 Å². The average Bonchev–Trinajstić information content (AvgIpc) is 2.60. The van der Waals surface area contributed by atoms with Gasteiger partial charge in [0, 0.05) is 18.0 Å². The van der Waals surface area contributed by atoms with Gasteiger partial charge in [-0.3, -0.25) is 9.69 Å². The van der Waals surface area contributed by atoms with Gasteiger partial charge in [-0.2, -0.15) is 0 Å². The zero-order valence-corrected chi connectivity index (χ0v) is 8.52. The first-order valence-electron chi connectivity index (χ1n) is 4.42. The van der Waals surface area contributed by atoms with E-state index < -0.39 is 0 Å². The first-order chi connectivity index (χ1) is 6.75. The minimum atomic E-state index is -0.0113. The summed E-state index contributed by atoms with van der Waals surface area (Å²) in [7, 11) is 2.06. The fraction of sp³-hybridized carbons (Fsp3) is 0.333. The molecule has 2 aromatic rings. The van der Waals surface area contributed by atoms with Crippen molar-refractivity contribution in [2.45, 2.75) is 13.1 Å². The van der Waals surface area contributed by atoms with Crippen LogP contribution in [0.3, 0.4) is 0 Å². The zero-order valence-electron chi connectivity index (χ0n) is 7.70. The lowest BCUT2D eigenvalue weighted by atomic mass is 10.2. The Morgan fingerprint density at radius 2 is 2.43 bits per heavy atom. The molecule has 0 aliphatic carbocycles. The number of H-pyrrole nitrogens is 1. The van der Waals surface area contributed by atoms with Gasteiger partial charge in [0.25, 0.3) is 5.56 Å². The van der Waals surface area contributed by atoms with Crippen LogP contribution in [0.15, 0.2) is 11.1 Å². The fourth-order valence-electron chi connectivity index (χ4n) is 1.91. The van der Waals surface area contributed by atoms with E-state index in [1.807, 2.05) is 0 Å². The first-order valence-corrected chi connectivity index (χ1v) is 5.24. The maximum Gasteiger partial charge on any atom is 0.259 e. The maximum atomic E-state index is 11.6. The molecule has 0 spiro atoms. The van der Waals surface area contributed by atoms with Gasteiger partial charge in [-0.15, -0.1) is 11.3 Å². The topological polar surface area (TPSA) is 49.0 Å². The summed E-state index contributed by atoms with van der Waals surface area (Å²) in [5.74, 6) is 0. The highest BCUT2D eigenvalue weighted by atomic mass is 32.1. The van der Waals surface area contributed by atoms with Crippen molar-refractivity contribution in [3.63, 3.8) is 0 Å². The molecule has 1 aliphatic rings. The molecule has 0 amide bonds. The Balaban J connectivity index is 2.41. The Hall–Kier alpha value is -1.20. The lowest BCUT2D eigenvalue weighted by Crippen LogP contribution is -2.10. The number of aromatic amines is 1. The van der Waals surface area contributed by atoms with E-state index in [1.165, 1.54) is 16.8 Å². The highest BCUT2D eigenvalue weighted by Gasteiger charge is 2.23. The minimum Gasteiger partial charge on any atom is -0.313 e. The van der Waals surface area contributed by atoms with E-state index in [9.17, 15) is 4.79 Å². The van der Waals surface area contributed by atoms with Crippen LogP contribution in [0.25, 0.3) is 10.2 Å². The van der Waals surface area contributed by atoms with Crippen molar-refractivity contribution in [1.29, 1.82) is 0 Å². The second kappa shape index (κ2) is 2.65. The van der Waals surface area contributed by atoms with Crippen molar-refractivity contribution < 1.29 is 0 Å². The lowest BCUT2D eigenvalue weighted by molar-refractivity contribution is 0.355. The third-order valence-electron chi connectivity index (χ3n) is 2.52. The van der Waals surface area contributed by atoms with Crippen LogP contribution in [-0.2, 0) is 13.1 Å². The van der Waals surface area contributed by atoms with E-state index in [0.717, 1.165) is 23.3 Å². The summed E-state index contributed by atoms with van der Waals surface area (Å²) in [4.78, 5) is 22.8. The molecule has 0 aromatic carbocycles. The number of nitrogens with one attached hydrogen (secondary N) is 1. The molecule has 5 heteroatoms. The molecule has 14 heavy (non-hydrogen) atoms. The average molecular weight is 207 g/mol. The van der Waals surface area contributed by atoms with Gasteiger partial charge >= 0.3 is 0 Å². The molecule has 0 fully saturated rings. The molecule has 3 heterocycles. The molecule has 0 bridgehead atoms. The first kappa shape index (κ1) is 8.14. The number of nitrogens with zero attached hydrogens (tertiary/aromatic N) is 2. The zero-order chi connectivity index (χ0) is 9.71. The number of hydrogen-bond donors (Lipinski definition) is 1. The molecule has 0 atom stereocenters. The van der Waals surface area contributed by atoms with Gasteiger partial charge in [0.2, 0.25) is 0 Å². The summed E-state index contributed by atoms with van der Waals surface area (Å²) in [6.07, 6.45) is 1.47. The van der Waals surface area contributed by atoms with E-state index in [-0.39, 0.29) is 5.56 Å². The smallest absolute Gasteiger partial charge is 0.259 e. The molecule has 4 nitrogen and oxygen atoms in total. The molecule has 1 aliphatic heterocycles. The quantitative estimate of drug-likeness (QED) is 0.699. The molecule has 2 aromatic heterocycles. The van der Waals surface area contributed by atoms with Gasteiger partial charge in [0.15, 0.2) is 0 Å². The summed E-state index contributed by atoms with van der Waals surface area (Å²) in [5, 5.41) is 0.789. The highest BCUT2D eigenvalue weighted by Crippen LogP contribution is 2.33. The molecule has 1 N–H and O–H groups in total. The Labute approximate surface area is 84.2 Å². The third kappa shape index (κ3) is 0.964. The van der Waals surface area contributed by atoms with Crippen molar-refractivity contribution in [3.05, 3.63) is 27.1 Å². The third-order valence-corrected chi connectivity index (χ3v) is 3.64. The van der Waals surface area contributed by atoms with Gasteiger partial charge in [0.05, 0.1) is 11.7 Å². The van der Waals surface area contributed by atoms with E-state index in [1.54, 1.807) is 11.3 Å².